The zero-order valence-corrected chi connectivity index (χ0v) is 44.4. The fraction of sp³-hybridized carbons (Fsp3) is 0.0685. The summed E-state index contributed by atoms with van der Waals surface area (Å²) in [5.74, 6) is 0. The van der Waals surface area contributed by atoms with Gasteiger partial charge in [-0.2, -0.15) is 0 Å². The van der Waals surface area contributed by atoms with Gasteiger partial charge in [0.05, 0.1) is 22.1 Å². The molecule has 0 bridgehead atoms. The van der Waals surface area contributed by atoms with Gasteiger partial charge in [0, 0.05) is 76.5 Å². The Bertz CT molecular complexity index is 4620. The largest absolute Gasteiger partial charge is 0.405 e. The number of allylic oxidation sites excluding steroid dienone is 11. The van der Waals surface area contributed by atoms with Crippen molar-refractivity contribution in [1.29, 1.82) is 0 Å². The van der Waals surface area contributed by atoms with E-state index in [9.17, 15) is 0 Å². The number of nitrogens with zero attached hydrogens (tertiary/aromatic N) is 2. The summed E-state index contributed by atoms with van der Waals surface area (Å²) in [5, 5.41) is 10.1. The number of aromatic nitrogens is 4. The fourth-order valence-electron chi connectivity index (χ4n) is 11.8. The van der Waals surface area contributed by atoms with Gasteiger partial charge in [-0.15, -0.1) is 0 Å². The molecule has 4 heterocycles. The van der Waals surface area contributed by atoms with Crippen LogP contribution in [-0.4, -0.2) is 19.1 Å². The molecule has 13 aromatic rings. The van der Waals surface area contributed by atoms with Crippen LogP contribution >= 0.6 is 0 Å². The molecule has 1 aliphatic carbocycles. The van der Waals surface area contributed by atoms with Crippen LogP contribution in [0.1, 0.15) is 31.9 Å². The Morgan fingerprint density at radius 1 is 0.436 bits per heavy atom. The predicted molar refractivity (Wildman–Crippen MR) is 339 cm³/mol. The third-order valence-electron chi connectivity index (χ3n) is 15.3. The van der Waals surface area contributed by atoms with Gasteiger partial charge in [-0.25, -0.2) is 0 Å². The molecule has 0 radical (unpaired) electrons. The van der Waals surface area contributed by atoms with Crippen molar-refractivity contribution in [2.24, 2.45) is 5.73 Å². The van der Waals surface area contributed by atoms with Gasteiger partial charge < -0.3 is 24.8 Å². The first-order valence-electron chi connectivity index (χ1n) is 26.9. The molecular weight excluding hydrogens is 947 g/mol. The molecule has 0 saturated heterocycles. The summed E-state index contributed by atoms with van der Waals surface area (Å²) in [5.41, 5.74) is 27.1. The highest BCUT2D eigenvalue weighted by Crippen LogP contribution is 2.43. The SMILES string of the molecule is C/C=C\C=C/N.C=C/C=C(\C=C/C)n1c2ccccc2c2cc(-c3ccc4[nH]c5cc6c(cc5c4c3)CCc3cc4c(cc3-6)[nH]c3ccc(-c5ccc6c(c5)c5ccccc5n6-c5ccccc5)cc34)ccc21.C=C/C=C\C. The second kappa shape index (κ2) is 21.1. The summed E-state index contributed by atoms with van der Waals surface area (Å²) in [6, 6.07) is 65.5. The highest BCUT2D eigenvalue weighted by Gasteiger charge is 2.22. The predicted octanol–water partition coefficient (Wildman–Crippen LogP) is 19.6. The van der Waals surface area contributed by atoms with Crippen LogP contribution in [0.2, 0.25) is 0 Å². The van der Waals surface area contributed by atoms with Gasteiger partial charge in [0.15, 0.2) is 0 Å². The Labute approximate surface area is 455 Å². The summed E-state index contributed by atoms with van der Waals surface area (Å²) >= 11 is 0. The normalized spacial score (nSPS) is 12.7. The molecule has 1 aliphatic rings. The number of para-hydroxylation sites is 3. The number of nitrogens with two attached hydrogens (primary N) is 1. The average Bonchev–Trinajstić information content (AvgIpc) is 4.29. The first-order chi connectivity index (χ1) is 38.4. The van der Waals surface area contributed by atoms with E-state index in [1.165, 1.54) is 133 Å². The zero-order chi connectivity index (χ0) is 53.3. The summed E-state index contributed by atoms with van der Waals surface area (Å²) in [7, 11) is 0. The minimum atomic E-state index is 1.01. The van der Waals surface area contributed by atoms with E-state index in [0.29, 0.717) is 0 Å². The molecule has 9 aromatic carbocycles. The lowest BCUT2D eigenvalue weighted by Crippen LogP contribution is -2.04. The summed E-state index contributed by atoms with van der Waals surface area (Å²) < 4.78 is 4.72. The van der Waals surface area contributed by atoms with Gasteiger partial charge in [-0.05, 0) is 200 Å². The topological polar surface area (TPSA) is 67.5 Å². The molecule has 78 heavy (non-hydrogen) atoms. The van der Waals surface area contributed by atoms with E-state index in [1.807, 2.05) is 44.2 Å². The molecule has 4 N–H and O–H groups in total. The number of H-pyrrole nitrogens is 2. The van der Waals surface area contributed by atoms with E-state index in [2.05, 4.69) is 233 Å². The van der Waals surface area contributed by atoms with Crippen LogP contribution in [0.15, 0.2) is 256 Å². The van der Waals surface area contributed by atoms with E-state index in [-0.39, 0.29) is 0 Å². The average molecular weight is 1010 g/mol. The summed E-state index contributed by atoms with van der Waals surface area (Å²) in [6.45, 7) is 13.4. The molecule has 5 heteroatoms. The molecule has 0 amide bonds. The van der Waals surface area contributed by atoms with Crippen LogP contribution in [0, 0.1) is 0 Å². The van der Waals surface area contributed by atoms with Gasteiger partial charge in [-0.1, -0.05) is 135 Å². The number of nitrogens with one attached hydrogen (secondary N) is 2. The fourth-order valence-corrected chi connectivity index (χ4v) is 11.8. The van der Waals surface area contributed by atoms with Crippen molar-refractivity contribution in [3.8, 4) is 39.1 Å². The number of rotatable bonds is 8. The van der Waals surface area contributed by atoms with Gasteiger partial charge in [-0.3, -0.25) is 0 Å². The van der Waals surface area contributed by atoms with Crippen LogP contribution in [0.3, 0.4) is 0 Å². The minimum absolute atomic E-state index is 1.01. The maximum atomic E-state index is 4.98. The van der Waals surface area contributed by atoms with E-state index in [0.717, 1.165) is 29.6 Å². The number of aromatic amines is 2. The first-order valence-corrected chi connectivity index (χ1v) is 26.9. The van der Waals surface area contributed by atoms with E-state index < -0.39 is 0 Å². The van der Waals surface area contributed by atoms with Gasteiger partial charge >= 0.3 is 0 Å². The van der Waals surface area contributed by atoms with Gasteiger partial charge in [0.25, 0.3) is 0 Å². The first kappa shape index (κ1) is 49.1. The monoisotopic (exact) mass is 1010 g/mol. The smallest absolute Gasteiger partial charge is 0.0541 e. The highest BCUT2D eigenvalue weighted by atomic mass is 15.0. The lowest BCUT2D eigenvalue weighted by atomic mass is 9.84. The highest BCUT2D eigenvalue weighted by molar-refractivity contribution is 6.15. The minimum Gasteiger partial charge on any atom is -0.405 e. The van der Waals surface area contributed by atoms with Crippen molar-refractivity contribution in [3.05, 3.63) is 267 Å². The van der Waals surface area contributed by atoms with Crippen molar-refractivity contribution in [1.82, 2.24) is 19.1 Å². The van der Waals surface area contributed by atoms with E-state index in [4.69, 9.17) is 5.73 Å². The lowest BCUT2D eigenvalue weighted by Gasteiger charge is -2.20. The zero-order valence-electron chi connectivity index (χ0n) is 44.4. The lowest BCUT2D eigenvalue weighted by molar-refractivity contribution is 0.946. The van der Waals surface area contributed by atoms with Crippen LogP contribution in [0.25, 0.3) is 132 Å². The van der Waals surface area contributed by atoms with Crippen LogP contribution in [0.4, 0.5) is 0 Å². The van der Waals surface area contributed by atoms with E-state index >= 15 is 0 Å². The number of fused-ring (bicyclic) bond motifs is 15. The Balaban J connectivity index is 0.000000506. The molecule has 0 spiro atoms. The third-order valence-corrected chi connectivity index (χ3v) is 15.3. The molecule has 0 saturated carbocycles. The number of hydrogen-bond donors (Lipinski definition) is 3. The molecule has 5 nitrogen and oxygen atoms in total. The van der Waals surface area contributed by atoms with Crippen LogP contribution < -0.4 is 5.73 Å². The Hall–Kier alpha value is -9.84. The molecule has 0 aliphatic heterocycles. The molecule has 0 atom stereocenters. The van der Waals surface area contributed by atoms with Crippen molar-refractivity contribution in [3.63, 3.8) is 0 Å². The standard InChI is InChI=1S/C63H44N4.C5H9N.C5H8/c1-3-12-44(13-4-2)66-60-18-10-8-16-46(60)54-32-40(24-28-62(54)66)38-22-26-56-50(30-38)52-34-42-20-21-43-35-53-51-31-39(23-27-57(51)65-59(53)37-49(43)48(42)36-58(52)64-56)41-25-29-63-55(33-41)47-17-9-11-19-61(47)67(63)45-14-6-5-7-15-45;1-2-3-4-5-6;1-3-5-4-2/h3-19,22-37,64-65H,1,20-21H2,2H3;2-5H,6H2,1H3;3-5H,1H2,2H3/b13-4-,44-12+;3-2-,5-4-;5-4-. The second-order valence-electron chi connectivity index (χ2n) is 19.9. The summed E-state index contributed by atoms with van der Waals surface area (Å²) in [4.78, 5) is 7.62. The third kappa shape index (κ3) is 8.65. The molecule has 0 unspecified atom stereocenters. The molecular formula is C73H61N5. The number of hydrogen-bond acceptors (Lipinski definition) is 1. The quantitative estimate of drug-likeness (QED) is 0.130. The summed E-state index contributed by atoms with van der Waals surface area (Å²) in [6.07, 6.45) is 22.8. The van der Waals surface area contributed by atoms with Gasteiger partial charge in [0.2, 0.25) is 0 Å². The van der Waals surface area contributed by atoms with Crippen LogP contribution in [-0.2, 0) is 12.8 Å². The number of benzene rings is 9. The molecule has 378 valence electrons. The molecule has 4 aromatic heterocycles. The Morgan fingerprint density at radius 3 is 1.44 bits per heavy atom. The van der Waals surface area contributed by atoms with Crippen molar-refractivity contribution < 1.29 is 0 Å². The van der Waals surface area contributed by atoms with Crippen molar-refractivity contribution in [2.75, 3.05) is 0 Å². The Kier molecular flexibility index (Phi) is 13.2. The maximum absolute atomic E-state index is 4.98. The van der Waals surface area contributed by atoms with E-state index in [1.54, 1.807) is 12.2 Å². The second-order valence-corrected chi connectivity index (χ2v) is 19.9. The number of aryl methyl sites for hydroxylation is 2. The van der Waals surface area contributed by atoms with Crippen molar-refractivity contribution >= 4 is 92.9 Å². The van der Waals surface area contributed by atoms with Crippen LogP contribution in [0.5, 0.6) is 0 Å². The Morgan fingerprint density at radius 2 is 0.910 bits per heavy atom. The van der Waals surface area contributed by atoms with Crippen molar-refractivity contribution in [2.45, 2.75) is 33.6 Å². The molecule has 14 rings (SSSR count). The maximum Gasteiger partial charge on any atom is 0.0541 e. The molecule has 0 fully saturated rings. The van der Waals surface area contributed by atoms with Gasteiger partial charge in [0.1, 0.15) is 0 Å².